The van der Waals surface area contributed by atoms with Crippen molar-refractivity contribution >= 4 is 17.7 Å². The van der Waals surface area contributed by atoms with E-state index in [9.17, 15) is 4.79 Å². The second-order valence-corrected chi connectivity index (χ2v) is 3.78. The second-order valence-electron chi connectivity index (χ2n) is 2.74. The molecule has 3 heteroatoms. The Labute approximate surface area is 79.1 Å². The number of unbranched alkanes of at least 4 members (excludes halogenated alkanes) is 2. The Hall–Kier alpha value is -0.180. The Morgan fingerprint density at radius 1 is 1.50 bits per heavy atom. The third-order valence-electron chi connectivity index (χ3n) is 1.82. The van der Waals surface area contributed by atoms with Crippen molar-refractivity contribution in [2.75, 3.05) is 13.4 Å². The highest BCUT2D eigenvalue weighted by atomic mass is 32.2. The third kappa shape index (κ3) is 4.65. The molecule has 2 nitrogen and oxygen atoms in total. The Balaban J connectivity index is 3.60. The monoisotopic (exact) mass is 190 g/mol. The van der Waals surface area contributed by atoms with Gasteiger partial charge in [0.2, 0.25) is 0 Å². The van der Waals surface area contributed by atoms with Crippen molar-refractivity contribution in [2.24, 2.45) is 0 Å². The molecule has 0 aliphatic rings. The molecule has 0 fully saturated rings. The van der Waals surface area contributed by atoms with Crippen LogP contribution in [0.25, 0.3) is 0 Å². The first-order valence-electron chi connectivity index (χ1n) is 4.36. The molecule has 0 radical (unpaired) electrons. The van der Waals surface area contributed by atoms with E-state index in [2.05, 4.69) is 11.7 Å². The van der Waals surface area contributed by atoms with Crippen molar-refractivity contribution in [1.29, 1.82) is 0 Å². The smallest absolute Gasteiger partial charge is 0.318 e. The molecule has 1 atom stereocenters. The van der Waals surface area contributed by atoms with Crippen LogP contribution in [0.4, 0.5) is 0 Å². The summed E-state index contributed by atoms with van der Waals surface area (Å²) < 4.78 is 4.67. The number of carbonyl (C=O) groups excluding carboxylic acids is 1. The minimum atomic E-state index is -0.0846. The molecule has 0 rings (SSSR count). The molecule has 0 amide bonds. The van der Waals surface area contributed by atoms with Gasteiger partial charge in [0.15, 0.2) is 0 Å². The zero-order valence-corrected chi connectivity index (χ0v) is 8.95. The van der Waals surface area contributed by atoms with Gasteiger partial charge in [-0.05, 0) is 12.7 Å². The molecule has 0 aliphatic carbocycles. The number of carbonyl (C=O) groups is 1. The van der Waals surface area contributed by atoms with E-state index in [1.165, 1.54) is 20.0 Å². The lowest BCUT2D eigenvalue weighted by Crippen LogP contribution is -2.18. The van der Waals surface area contributed by atoms with E-state index in [0.717, 1.165) is 12.8 Å². The van der Waals surface area contributed by atoms with Crippen LogP contribution in [0, 0.1) is 0 Å². The van der Waals surface area contributed by atoms with Gasteiger partial charge in [-0.15, -0.1) is 0 Å². The van der Waals surface area contributed by atoms with Crippen LogP contribution in [0.15, 0.2) is 0 Å². The van der Waals surface area contributed by atoms with Gasteiger partial charge in [0.1, 0.15) is 5.25 Å². The topological polar surface area (TPSA) is 26.3 Å². The fraction of sp³-hybridized carbons (Fsp3) is 0.889. The summed E-state index contributed by atoms with van der Waals surface area (Å²) in [6.07, 6.45) is 6.42. The van der Waals surface area contributed by atoms with E-state index in [1.54, 1.807) is 11.8 Å². The number of methoxy groups -OCH3 is 1. The largest absolute Gasteiger partial charge is 0.468 e. The van der Waals surface area contributed by atoms with E-state index in [-0.39, 0.29) is 11.2 Å². The van der Waals surface area contributed by atoms with Crippen LogP contribution in [0.3, 0.4) is 0 Å². The Morgan fingerprint density at radius 3 is 2.58 bits per heavy atom. The third-order valence-corrected chi connectivity index (χ3v) is 2.82. The summed E-state index contributed by atoms with van der Waals surface area (Å²) >= 11 is 1.58. The van der Waals surface area contributed by atoms with Crippen molar-refractivity contribution in [1.82, 2.24) is 0 Å². The van der Waals surface area contributed by atoms with Crippen LogP contribution in [0.2, 0.25) is 0 Å². The molecule has 0 saturated carbocycles. The minimum Gasteiger partial charge on any atom is -0.468 e. The van der Waals surface area contributed by atoms with E-state index in [4.69, 9.17) is 0 Å². The van der Waals surface area contributed by atoms with Gasteiger partial charge in [-0.2, -0.15) is 11.8 Å². The number of hydrogen-bond acceptors (Lipinski definition) is 3. The summed E-state index contributed by atoms with van der Waals surface area (Å²) in [6.45, 7) is 2.16. The van der Waals surface area contributed by atoms with Crippen LogP contribution < -0.4 is 0 Å². The highest BCUT2D eigenvalue weighted by Crippen LogP contribution is 2.16. The van der Waals surface area contributed by atoms with Crippen LogP contribution in [0.5, 0.6) is 0 Å². The van der Waals surface area contributed by atoms with Crippen LogP contribution in [-0.4, -0.2) is 24.6 Å². The normalized spacial score (nSPS) is 12.6. The molecule has 72 valence electrons. The Bertz CT molecular complexity index is 126. The predicted octanol–water partition coefficient (Wildman–Crippen LogP) is 2.47. The maximum absolute atomic E-state index is 11.1. The molecule has 0 N–H and O–H groups in total. The highest BCUT2D eigenvalue weighted by molar-refractivity contribution is 7.99. The van der Waals surface area contributed by atoms with Crippen LogP contribution in [0.1, 0.15) is 32.6 Å². The molecular weight excluding hydrogens is 172 g/mol. The molecule has 1 unspecified atom stereocenters. The Kier molecular flexibility index (Phi) is 7.36. The first kappa shape index (κ1) is 11.8. The number of thioether (sulfide) groups is 1. The van der Waals surface area contributed by atoms with Gasteiger partial charge in [-0.3, -0.25) is 4.79 Å². The molecule has 12 heavy (non-hydrogen) atoms. The average molecular weight is 190 g/mol. The highest BCUT2D eigenvalue weighted by Gasteiger charge is 2.16. The SMILES string of the molecule is CCCCCC(SC)C(=O)OC. The molecule has 0 bridgehead atoms. The molecule has 0 aromatic heterocycles. The van der Waals surface area contributed by atoms with Gasteiger partial charge in [0.25, 0.3) is 0 Å². The lowest BCUT2D eigenvalue weighted by atomic mass is 10.1. The maximum Gasteiger partial charge on any atom is 0.318 e. The van der Waals surface area contributed by atoms with Crippen LogP contribution in [-0.2, 0) is 9.53 Å². The van der Waals surface area contributed by atoms with Gasteiger partial charge in [-0.1, -0.05) is 26.2 Å². The second kappa shape index (κ2) is 7.47. The van der Waals surface area contributed by atoms with Crippen molar-refractivity contribution < 1.29 is 9.53 Å². The number of rotatable bonds is 6. The minimum absolute atomic E-state index is 0.0431. The summed E-state index contributed by atoms with van der Waals surface area (Å²) in [5.41, 5.74) is 0. The lowest BCUT2D eigenvalue weighted by molar-refractivity contribution is -0.140. The van der Waals surface area contributed by atoms with Gasteiger partial charge in [0, 0.05) is 0 Å². The van der Waals surface area contributed by atoms with Crippen molar-refractivity contribution in [3.05, 3.63) is 0 Å². The van der Waals surface area contributed by atoms with Crippen molar-refractivity contribution in [2.45, 2.75) is 37.9 Å². The molecule has 0 aliphatic heterocycles. The van der Waals surface area contributed by atoms with Gasteiger partial charge >= 0.3 is 5.97 Å². The summed E-state index contributed by atoms with van der Waals surface area (Å²) in [7, 11) is 1.45. The van der Waals surface area contributed by atoms with Crippen LogP contribution >= 0.6 is 11.8 Å². The molecule has 0 spiro atoms. The maximum atomic E-state index is 11.1. The first-order chi connectivity index (χ1) is 5.76. The summed E-state index contributed by atoms with van der Waals surface area (Å²) in [4.78, 5) is 11.1. The average Bonchev–Trinajstić information content (AvgIpc) is 2.11. The van der Waals surface area contributed by atoms with Crippen molar-refractivity contribution in [3.8, 4) is 0 Å². The van der Waals surface area contributed by atoms with Gasteiger partial charge in [0.05, 0.1) is 7.11 Å². The lowest BCUT2D eigenvalue weighted by Gasteiger charge is -2.10. The molecule has 0 heterocycles. The molecule has 0 aromatic carbocycles. The van der Waals surface area contributed by atoms with Crippen molar-refractivity contribution in [3.63, 3.8) is 0 Å². The van der Waals surface area contributed by atoms with E-state index in [0.29, 0.717) is 0 Å². The summed E-state index contributed by atoms with van der Waals surface area (Å²) in [5.74, 6) is -0.0846. The summed E-state index contributed by atoms with van der Waals surface area (Å²) in [6, 6.07) is 0. The fourth-order valence-electron chi connectivity index (χ4n) is 1.04. The standard InChI is InChI=1S/C9H18O2S/c1-4-5-6-7-8(12-3)9(10)11-2/h8H,4-7H2,1-3H3. The fourth-order valence-corrected chi connectivity index (χ4v) is 1.73. The quantitative estimate of drug-likeness (QED) is 0.475. The number of ether oxygens (including phenoxy) is 1. The van der Waals surface area contributed by atoms with E-state index in [1.807, 2.05) is 6.26 Å². The first-order valence-corrected chi connectivity index (χ1v) is 5.65. The Morgan fingerprint density at radius 2 is 2.17 bits per heavy atom. The zero-order valence-electron chi connectivity index (χ0n) is 8.13. The predicted molar refractivity (Wildman–Crippen MR) is 53.5 cm³/mol. The molecule has 0 saturated heterocycles. The molecule has 0 aromatic rings. The molecular formula is C9H18O2S. The summed E-state index contributed by atoms with van der Waals surface area (Å²) in [5, 5.41) is 0.0431. The van der Waals surface area contributed by atoms with E-state index < -0.39 is 0 Å². The van der Waals surface area contributed by atoms with Gasteiger partial charge in [-0.25, -0.2) is 0 Å². The number of esters is 1. The zero-order chi connectivity index (χ0) is 9.40. The van der Waals surface area contributed by atoms with Gasteiger partial charge < -0.3 is 4.74 Å². The number of hydrogen-bond donors (Lipinski definition) is 0. The van der Waals surface area contributed by atoms with E-state index >= 15 is 0 Å².